The monoisotopic (exact) mass is 265 g/mol. The number of rotatable bonds is 4. The van der Waals surface area contributed by atoms with Crippen LogP contribution in [0.25, 0.3) is 0 Å². The summed E-state index contributed by atoms with van der Waals surface area (Å²) >= 11 is 0. The van der Waals surface area contributed by atoms with E-state index in [4.69, 9.17) is 0 Å². The molecule has 1 heterocycles. The summed E-state index contributed by atoms with van der Waals surface area (Å²) in [6.07, 6.45) is 4.96. The standard InChI is InChI=1S/C19H23N/c1-2-20-18(14-12-16-8-4-3-5-9-16)15-13-17-10-6-7-11-19(17)20/h3-11,18H,2,12-15H2,1H3. The quantitative estimate of drug-likeness (QED) is 0.789. The summed E-state index contributed by atoms with van der Waals surface area (Å²) in [4.78, 5) is 2.60. The maximum absolute atomic E-state index is 2.60. The first-order valence-corrected chi connectivity index (χ1v) is 7.77. The van der Waals surface area contributed by atoms with Crippen LogP contribution in [0.15, 0.2) is 54.6 Å². The highest BCUT2D eigenvalue weighted by Gasteiger charge is 2.24. The van der Waals surface area contributed by atoms with Crippen molar-refractivity contribution in [3.63, 3.8) is 0 Å². The lowest BCUT2D eigenvalue weighted by Crippen LogP contribution is -2.39. The Bertz CT molecular complexity index is 547. The van der Waals surface area contributed by atoms with Gasteiger partial charge in [-0.15, -0.1) is 0 Å². The Kier molecular flexibility index (Phi) is 4.05. The Morgan fingerprint density at radius 3 is 2.55 bits per heavy atom. The minimum absolute atomic E-state index is 0.690. The zero-order chi connectivity index (χ0) is 13.8. The van der Waals surface area contributed by atoms with Crippen LogP contribution in [-0.4, -0.2) is 12.6 Å². The summed E-state index contributed by atoms with van der Waals surface area (Å²) < 4.78 is 0. The molecule has 1 aliphatic heterocycles. The summed E-state index contributed by atoms with van der Waals surface area (Å²) in [5.74, 6) is 0. The summed E-state index contributed by atoms with van der Waals surface area (Å²) in [7, 11) is 0. The van der Waals surface area contributed by atoms with Crippen LogP contribution in [0.3, 0.4) is 0 Å². The number of fused-ring (bicyclic) bond motifs is 1. The minimum atomic E-state index is 0.690. The molecule has 1 unspecified atom stereocenters. The van der Waals surface area contributed by atoms with Gasteiger partial charge in [0.25, 0.3) is 0 Å². The zero-order valence-corrected chi connectivity index (χ0v) is 12.3. The summed E-state index contributed by atoms with van der Waals surface area (Å²) in [6, 6.07) is 20.5. The van der Waals surface area contributed by atoms with Crippen molar-refractivity contribution in [3.8, 4) is 0 Å². The maximum Gasteiger partial charge on any atom is 0.0401 e. The van der Waals surface area contributed by atoms with Gasteiger partial charge in [-0.1, -0.05) is 48.5 Å². The second-order valence-electron chi connectivity index (χ2n) is 5.63. The van der Waals surface area contributed by atoms with Gasteiger partial charge < -0.3 is 4.90 Å². The summed E-state index contributed by atoms with van der Waals surface area (Å²) in [5, 5.41) is 0. The second-order valence-corrected chi connectivity index (χ2v) is 5.63. The van der Waals surface area contributed by atoms with E-state index in [1.807, 2.05) is 0 Å². The second kappa shape index (κ2) is 6.13. The van der Waals surface area contributed by atoms with E-state index in [1.165, 1.54) is 42.5 Å². The predicted molar refractivity (Wildman–Crippen MR) is 86.3 cm³/mol. The Hall–Kier alpha value is -1.76. The van der Waals surface area contributed by atoms with Gasteiger partial charge >= 0.3 is 0 Å². The van der Waals surface area contributed by atoms with Crippen molar-refractivity contribution in [3.05, 3.63) is 65.7 Å². The van der Waals surface area contributed by atoms with Crippen molar-refractivity contribution in [1.82, 2.24) is 0 Å². The van der Waals surface area contributed by atoms with Crippen molar-refractivity contribution in [2.24, 2.45) is 0 Å². The third-order valence-corrected chi connectivity index (χ3v) is 4.44. The first kappa shape index (κ1) is 13.2. The highest BCUT2D eigenvalue weighted by Crippen LogP contribution is 2.31. The van der Waals surface area contributed by atoms with Gasteiger partial charge in [0.15, 0.2) is 0 Å². The van der Waals surface area contributed by atoms with Gasteiger partial charge in [-0.2, -0.15) is 0 Å². The van der Waals surface area contributed by atoms with Gasteiger partial charge in [0, 0.05) is 18.3 Å². The molecule has 20 heavy (non-hydrogen) atoms. The van der Waals surface area contributed by atoms with E-state index in [2.05, 4.69) is 66.4 Å². The van der Waals surface area contributed by atoms with Crippen molar-refractivity contribution in [2.75, 3.05) is 11.4 Å². The lowest BCUT2D eigenvalue weighted by molar-refractivity contribution is 0.502. The molecule has 0 saturated heterocycles. The predicted octanol–water partition coefficient (Wildman–Crippen LogP) is 4.46. The van der Waals surface area contributed by atoms with E-state index in [-0.39, 0.29) is 0 Å². The molecule has 3 rings (SSSR count). The Morgan fingerprint density at radius 1 is 1.00 bits per heavy atom. The van der Waals surface area contributed by atoms with Gasteiger partial charge in [-0.05, 0) is 49.8 Å². The van der Waals surface area contributed by atoms with Crippen LogP contribution in [-0.2, 0) is 12.8 Å². The molecule has 104 valence electrons. The normalized spacial score (nSPS) is 17.9. The average Bonchev–Trinajstić information content (AvgIpc) is 2.53. The molecule has 0 radical (unpaired) electrons. The molecule has 0 N–H and O–H groups in total. The number of anilines is 1. The van der Waals surface area contributed by atoms with E-state index in [0.29, 0.717) is 6.04 Å². The number of hydrogen-bond acceptors (Lipinski definition) is 1. The van der Waals surface area contributed by atoms with Crippen LogP contribution >= 0.6 is 0 Å². The Balaban J connectivity index is 1.71. The van der Waals surface area contributed by atoms with E-state index in [0.717, 1.165) is 6.54 Å². The number of hydrogen-bond donors (Lipinski definition) is 0. The molecule has 0 bridgehead atoms. The molecule has 0 spiro atoms. The van der Waals surface area contributed by atoms with Gasteiger partial charge in [-0.25, -0.2) is 0 Å². The lowest BCUT2D eigenvalue weighted by Gasteiger charge is -2.38. The summed E-state index contributed by atoms with van der Waals surface area (Å²) in [5.41, 5.74) is 4.44. The van der Waals surface area contributed by atoms with Crippen LogP contribution in [0, 0.1) is 0 Å². The van der Waals surface area contributed by atoms with Gasteiger partial charge in [0.1, 0.15) is 0 Å². The van der Waals surface area contributed by atoms with Crippen molar-refractivity contribution in [2.45, 2.75) is 38.6 Å². The van der Waals surface area contributed by atoms with Crippen LogP contribution in [0.5, 0.6) is 0 Å². The Labute approximate surface area is 122 Å². The molecular formula is C19H23N. The molecule has 2 aromatic rings. The van der Waals surface area contributed by atoms with E-state index in [9.17, 15) is 0 Å². The van der Waals surface area contributed by atoms with Gasteiger partial charge in [0.05, 0.1) is 0 Å². The molecule has 1 nitrogen and oxygen atoms in total. The average molecular weight is 265 g/mol. The van der Waals surface area contributed by atoms with Crippen molar-refractivity contribution in [1.29, 1.82) is 0 Å². The zero-order valence-electron chi connectivity index (χ0n) is 12.3. The smallest absolute Gasteiger partial charge is 0.0401 e. The fourth-order valence-electron chi connectivity index (χ4n) is 3.38. The molecule has 2 aromatic carbocycles. The molecule has 0 amide bonds. The third kappa shape index (κ3) is 2.72. The maximum atomic E-state index is 2.60. The number of nitrogens with zero attached hydrogens (tertiary/aromatic N) is 1. The van der Waals surface area contributed by atoms with Crippen LogP contribution < -0.4 is 4.90 Å². The van der Waals surface area contributed by atoms with Crippen LogP contribution in [0.4, 0.5) is 5.69 Å². The molecule has 1 atom stereocenters. The highest BCUT2D eigenvalue weighted by atomic mass is 15.2. The SMILES string of the molecule is CCN1c2ccccc2CCC1CCc1ccccc1. The molecule has 1 aliphatic rings. The first-order valence-electron chi connectivity index (χ1n) is 7.77. The molecule has 0 saturated carbocycles. The molecular weight excluding hydrogens is 242 g/mol. The van der Waals surface area contributed by atoms with Gasteiger partial charge in [-0.3, -0.25) is 0 Å². The van der Waals surface area contributed by atoms with Gasteiger partial charge in [0.2, 0.25) is 0 Å². The van der Waals surface area contributed by atoms with Crippen molar-refractivity contribution >= 4 is 5.69 Å². The van der Waals surface area contributed by atoms with Crippen LogP contribution in [0.1, 0.15) is 30.9 Å². The number of aryl methyl sites for hydroxylation is 2. The van der Waals surface area contributed by atoms with Crippen molar-refractivity contribution < 1.29 is 0 Å². The Morgan fingerprint density at radius 2 is 1.75 bits per heavy atom. The number of para-hydroxylation sites is 1. The topological polar surface area (TPSA) is 3.24 Å². The molecule has 0 fully saturated rings. The molecule has 0 aliphatic carbocycles. The largest absolute Gasteiger partial charge is 0.369 e. The molecule has 0 aromatic heterocycles. The lowest BCUT2D eigenvalue weighted by atomic mass is 9.92. The first-order chi connectivity index (χ1) is 9.88. The fourth-order valence-corrected chi connectivity index (χ4v) is 3.38. The van der Waals surface area contributed by atoms with Crippen LogP contribution in [0.2, 0.25) is 0 Å². The highest BCUT2D eigenvalue weighted by molar-refractivity contribution is 5.56. The minimum Gasteiger partial charge on any atom is -0.369 e. The van der Waals surface area contributed by atoms with E-state index >= 15 is 0 Å². The van der Waals surface area contributed by atoms with E-state index < -0.39 is 0 Å². The van der Waals surface area contributed by atoms with E-state index in [1.54, 1.807) is 0 Å². The third-order valence-electron chi connectivity index (χ3n) is 4.44. The number of benzene rings is 2. The fraction of sp³-hybridized carbons (Fsp3) is 0.368. The summed E-state index contributed by atoms with van der Waals surface area (Å²) in [6.45, 7) is 3.38. The molecule has 1 heteroatoms.